The average Bonchev–Trinajstić information content (AvgIpc) is 2.53. The van der Waals surface area contributed by atoms with Gasteiger partial charge in [-0.25, -0.2) is 0 Å². The van der Waals surface area contributed by atoms with Crippen molar-refractivity contribution in [3.05, 3.63) is 66.0 Å². The number of carbonyl (C=O) groups excluding carboxylic acids is 1. The molecule has 0 aliphatic rings. The van der Waals surface area contributed by atoms with Gasteiger partial charge in [0.05, 0.1) is 5.56 Å². The molecule has 0 spiro atoms. The molecule has 4 nitrogen and oxygen atoms in total. The monoisotopic (exact) mass is 283 g/mol. The number of benzene rings is 1. The zero-order valence-electron chi connectivity index (χ0n) is 12.3. The van der Waals surface area contributed by atoms with Crippen molar-refractivity contribution in [3.8, 4) is 0 Å². The van der Waals surface area contributed by atoms with E-state index < -0.39 is 0 Å². The number of carbonyl (C=O) groups is 1. The molecule has 2 aromatic rings. The van der Waals surface area contributed by atoms with E-state index in [1.165, 1.54) is 5.56 Å². The van der Waals surface area contributed by atoms with Crippen molar-refractivity contribution in [1.82, 2.24) is 15.2 Å². The lowest BCUT2D eigenvalue weighted by Crippen LogP contribution is -2.28. The Bertz CT molecular complexity index is 542. The normalized spacial score (nSPS) is 10.6. The first-order valence-electron chi connectivity index (χ1n) is 7.16. The zero-order chi connectivity index (χ0) is 14.9. The molecular formula is C17H21N3O. The summed E-state index contributed by atoms with van der Waals surface area (Å²) in [5, 5.41) is 2.91. The molecule has 0 fully saturated rings. The summed E-state index contributed by atoms with van der Waals surface area (Å²) in [4.78, 5) is 18.0. The summed E-state index contributed by atoms with van der Waals surface area (Å²) in [7, 11) is 2.09. The lowest BCUT2D eigenvalue weighted by atomic mass is 10.2. The summed E-state index contributed by atoms with van der Waals surface area (Å²) in [6.45, 7) is 2.55. The molecule has 0 aliphatic carbocycles. The maximum Gasteiger partial charge on any atom is 0.252 e. The lowest BCUT2D eigenvalue weighted by molar-refractivity contribution is 0.0951. The highest BCUT2D eigenvalue weighted by Gasteiger charge is 2.04. The molecule has 0 saturated carbocycles. The van der Waals surface area contributed by atoms with Crippen molar-refractivity contribution in [3.63, 3.8) is 0 Å². The fraction of sp³-hybridized carbons (Fsp3) is 0.294. The molecule has 2 rings (SSSR count). The van der Waals surface area contributed by atoms with E-state index >= 15 is 0 Å². The molecule has 0 aliphatic heterocycles. The number of nitrogens with one attached hydrogen (secondary N) is 1. The third-order valence-corrected chi connectivity index (χ3v) is 3.22. The van der Waals surface area contributed by atoms with E-state index in [9.17, 15) is 4.79 Å². The Hall–Kier alpha value is -2.20. The van der Waals surface area contributed by atoms with Crippen LogP contribution in [0.2, 0.25) is 0 Å². The summed E-state index contributed by atoms with van der Waals surface area (Å²) in [5.74, 6) is -0.0613. The SMILES string of the molecule is CN(CCCNC(=O)c1cccnc1)Cc1ccccc1. The predicted octanol–water partition coefficient (Wildman–Crippen LogP) is 2.33. The number of nitrogens with zero attached hydrogens (tertiary/aromatic N) is 2. The molecular weight excluding hydrogens is 262 g/mol. The zero-order valence-corrected chi connectivity index (χ0v) is 12.3. The van der Waals surface area contributed by atoms with Gasteiger partial charge >= 0.3 is 0 Å². The van der Waals surface area contributed by atoms with Gasteiger partial charge < -0.3 is 10.2 Å². The Kier molecular flexibility index (Phi) is 5.91. The van der Waals surface area contributed by atoms with Gasteiger partial charge in [-0.1, -0.05) is 30.3 Å². The molecule has 0 bridgehead atoms. The minimum Gasteiger partial charge on any atom is -0.352 e. The van der Waals surface area contributed by atoms with Gasteiger partial charge in [-0.05, 0) is 37.7 Å². The van der Waals surface area contributed by atoms with Crippen LogP contribution in [0.15, 0.2) is 54.9 Å². The van der Waals surface area contributed by atoms with Crippen LogP contribution in [-0.2, 0) is 6.54 Å². The van der Waals surface area contributed by atoms with Crippen LogP contribution in [0.4, 0.5) is 0 Å². The fourth-order valence-electron chi connectivity index (χ4n) is 2.12. The van der Waals surface area contributed by atoms with Gasteiger partial charge in [0.2, 0.25) is 0 Å². The second-order valence-corrected chi connectivity index (χ2v) is 5.07. The molecule has 21 heavy (non-hydrogen) atoms. The summed E-state index contributed by atoms with van der Waals surface area (Å²) < 4.78 is 0. The predicted molar refractivity (Wildman–Crippen MR) is 84.0 cm³/mol. The van der Waals surface area contributed by atoms with Gasteiger partial charge in [-0.15, -0.1) is 0 Å². The lowest BCUT2D eigenvalue weighted by Gasteiger charge is -2.16. The van der Waals surface area contributed by atoms with Crippen LogP contribution < -0.4 is 5.32 Å². The van der Waals surface area contributed by atoms with Crippen molar-refractivity contribution in [2.75, 3.05) is 20.1 Å². The molecule has 1 aromatic carbocycles. The molecule has 1 amide bonds. The van der Waals surface area contributed by atoms with E-state index in [4.69, 9.17) is 0 Å². The van der Waals surface area contributed by atoms with E-state index in [1.54, 1.807) is 24.5 Å². The van der Waals surface area contributed by atoms with Crippen molar-refractivity contribution in [2.45, 2.75) is 13.0 Å². The molecule has 0 unspecified atom stereocenters. The Labute approximate surface area is 125 Å². The Morgan fingerprint density at radius 3 is 2.71 bits per heavy atom. The fourth-order valence-corrected chi connectivity index (χ4v) is 2.12. The highest BCUT2D eigenvalue weighted by Crippen LogP contribution is 2.02. The molecule has 4 heteroatoms. The molecule has 1 aromatic heterocycles. The Morgan fingerprint density at radius 1 is 1.19 bits per heavy atom. The molecule has 0 atom stereocenters. The van der Waals surface area contributed by atoms with Crippen molar-refractivity contribution in [2.24, 2.45) is 0 Å². The number of hydrogen-bond donors (Lipinski definition) is 1. The second kappa shape index (κ2) is 8.17. The van der Waals surface area contributed by atoms with Gasteiger partial charge in [0.1, 0.15) is 0 Å². The minimum absolute atomic E-state index is 0.0613. The first-order chi connectivity index (χ1) is 10.3. The third-order valence-electron chi connectivity index (χ3n) is 3.22. The van der Waals surface area contributed by atoms with Gasteiger partial charge in [0, 0.05) is 25.5 Å². The van der Waals surface area contributed by atoms with E-state index in [2.05, 4.69) is 46.5 Å². The minimum atomic E-state index is -0.0613. The molecule has 0 saturated heterocycles. The number of aromatic nitrogens is 1. The summed E-state index contributed by atoms with van der Waals surface area (Å²) in [6.07, 6.45) is 4.17. The van der Waals surface area contributed by atoms with Crippen LogP contribution in [0.25, 0.3) is 0 Å². The van der Waals surface area contributed by atoms with Crippen LogP contribution in [0.1, 0.15) is 22.3 Å². The van der Waals surface area contributed by atoms with Gasteiger partial charge in [0.25, 0.3) is 5.91 Å². The highest BCUT2D eigenvalue weighted by molar-refractivity contribution is 5.93. The van der Waals surface area contributed by atoms with E-state index in [0.717, 1.165) is 19.5 Å². The van der Waals surface area contributed by atoms with Gasteiger partial charge in [-0.2, -0.15) is 0 Å². The highest BCUT2D eigenvalue weighted by atomic mass is 16.1. The quantitative estimate of drug-likeness (QED) is 0.793. The largest absolute Gasteiger partial charge is 0.352 e. The van der Waals surface area contributed by atoms with Crippen LogP contribution in [0, 0.1) is 0 Å². The first kappa shape index (κ1) is 15.2. The Morgan fingerprint density at radius 2 is 2.00 bits per heavy atom. The summed E-state index contributed by atoms with van der Waals surface area (Å²) in [5.41, 5.74) is 1.91. The second-order valence-electron chi connectivity index (χ2n) is 5.07. The van der Waals surface area contributed by atoms with Crippen LogP contribution in [0.3, 0.4) is 0 Å². The molecule has 110 valence electrons. The van der Waals surface area contributed by atoms with E-state index in [-0.39, 0.29) is 5.91 Å². The number of hydrogen-bond acceptors (Lipinski definition) is 3. The van der Waals surface area contributed by atoms with Crippen molar-refractivity contribution >= 4 is 5.91 Å². The molecule has 1 heterocycles. The van der Waals surface area contributed by atoms with E-state index in [0.29, 0.717) is 12.1 Å². The molecule has 1 N–H and O–H groups in total. The van der Waals surface area contributed by atoms with Crippen LogP contribution in [0.5, 0.6) is 0 Å². The topological polar surface area (TPSA) is 45.2 Å². The third kappa shape index (κ3) is 5.36. The van der Waals surface area contributed by atoms with Crippen LogP contribution >= 0.6 is 0 Å². The summed E-state index contributed by atoms with van der Waals surface area (Å²) >= 11 is 0. The number of pyridine rings is 1. The van der Waals surface area contributed by atoms with Crippen molar-refractivity contribution < 1.29 is 4.79 Å². The number of amides is 1. The van der Waals surface area contributed by atoms with Gasteiger partial charge in [0.15, 0.2) is 0 Å². The maximum atomic E-state index is 11.8. The standard InChI is InChI=1S/C17H21N3O/c1-20(14-15-7-3-2-4-8-15)12-6-11-19-17(21)16-9-5-10-18-13-16/h2-5,7-10,13H,6,11-12,14H2,1H3,(H,19,21). The number of rotatable bonds is 7. The maximum absolute atomic E-state index is 11.8. The Balaban J connectivity index is 1.64. The first-order valence-corrected chi connectivity index (χ1v) is 7.16. The van der Waals surface area contributed by atoms with Crippen molar-refractivity contribution in [1.29, 1.82) is 0 Å². The molecule has 0 radical (unpaired) electrons. The van der Waals surface area contributed by atoms with Crippen LogP contribution in [-0.4, -0.2) is 35.9 Å². The average molecular weight is 283 g/mol. The van der Waals surface area contributed by atoms with E-state index in [1.807, 2.05) is 6.07 Å². The van der Waals surface area contributed by atoms with Gasteiger partial charge in [-0.3, -0.25) is 9.78 Å². The summed E-state index contributed by atoms with van der Waals surface area (Å²) in [6, 6.07) is 13.9. The smallest absolute Gasteiger partial charge is 0.252 e.